The van der Waals surface area contributed by atoms with Crippen LogP contribution in [0.2, 0.25) is 0 Å². The first-order chi connectivity index (χ1) is 9.19. The molecule has 0 unspecified atom stereocenters. The van der Waals surface area contributed by atoms with Gasteiger partial charge in [-0.15, -0.1) is 0 Å². The van der Waals surface area contributed by atoms with Crippen molar-refractivity contribution in [1.82, 2.24) is 14.5 Å². The van der Waals surface area contributed by atoms with Crippen molar-refractivity contribution in [2.24, 2.45) is 7.05 Å². The van der Waals surface area contributed by atoms with Gasteiger partial charge in [-0.25, -0.2) is 9.78 Å². The summed E-state index contributed by atoms with van der Waals surface area (Å²) in [4.78, 5) is 19.5. The van der Waals surface area contributed by atoms with Crippen LogP contribution in [-0.4, -0.2) is 14.5 Å². The van der Waals surface area contributed by atoms with Crippen molar-refractivity contribution in [3.63, 3.8) is 0 Å². The highest BCUT2D eigenvalue weighted by atomic mass is 16.3. The van der Waals surface area contributed by atoms with Crippen molar-refractivity contribution in [3.05, 3.63) is 46.8 Å². The lowest BCUT2D eigenvalue weighted by Crippen LogP contribution is -2.20. The quantitative estimate of drug-likeness (QED) is 0.654. The Bertz CT molecular complexity index is 870. The molecule has 3 rings (SSSR count). The van der Waals surface area contributed by atoms with Crippen LogP contribution in [0.3, 0.4) is 0 Å². The fraction of sp³-hybridized carbons (Fsp3) is 0.0769. The maximum Gasteiger partial charge on any atom is 0.347 e. The van der Waals surface area contributed by atoms with Gasteiger partial charge in [0.2, 0.25) is 0 Å². The minimum Gasteiger partial charge on any atom is -0.443 e. The Morgan fingerprint density at radius 2 is 2.26 bits per heavy atom. The van der Waals surface area contributed by atoms with Crippen molar-refractivity contribution >= 4 is 11.1 Å². The molecule has 3 aromatic rings. The van der Waals surface area contributed by atoms with E-state index in [1.54, 1.807) is 25.2 Å². The van der Waals surface area contributed by atoms with E-state index in [4.69, 9.17) is 9.68 Å². The van der Waals surface area contributed by atoms with Crippen LogP contribution in [0.25, 0.3) is 22.4 Å². The maximum absolute atomic E-state index is 11.6. The number of hydrogen-bond acceptors (Lipinski definition) is 5. The van der Waals surface area contributed by atoms with Gasteiger partial charge >= 0.3 is 5.69 Å². The number of rotatable bonds is 1. The zero-order valence-electron chi connectivity index (χ0n) is 9.99. The van der Waals surface area contributed by atoms with E-state index in [0.29, 0.717) is 27.9 Å². The SMILES string of the molecule is Cn1cc(C#N)c(-c2ccc3ncoc3c2)nc1=O. The lowest BCUT2D eigenvalue weighted by atomic mass is 10.1. The average molecular weight is 252 g/mol. The molecular weight excluding hydrogens is 244 g/mol. The first-order valence-electron chi connectivity index (χ1n) is 5.50. The molecule has 0 aliphatic rings. The summed E-state index contributed by atoms with van der Waals surface area (Å²) in [5.74, 6) is 0. The van der Waals surface area contributed by atoms with Gasteiger partial charge < -0.3 is 8.98 Å². The molecule has 0 radical (unpaired) electrons. The topological polar surface area (TPSA) is 84.7 Å². The van der Waals surface area contributed by atoms with Crippen molar-refractivity contribution in [3.8, 4) is 17.3 Å². The molecule has 0 N–H and O–H groups in total. The predicted octanol–water partition coefficient (Wildman–Crippen LogP) is 1.46. The molecule has 0 fully saturated rings. The van der Waals surface area contributed by atoms with Gasteiger partial charge in [-0.3, -0.25) is 0 Å². The van der Waals surface area contributed by atoms with Crippen LogP contribution in [0.4, 0.5) is 0 Å². The highest BCUT2D eigenvalue weighted by Crippen LogP contribution is 2.23. The summed E-state index contributed by atoms with van der Waals surface area (Å²) in [6.45, 7) is 0. The average Bonchev–Trinajstić information content (AvgIpc) is 2.88. The smallest absolute Gasteiger partial charge is 0.347 e. The molecule has 0 amide bonds. The van der Waals surface area contributed by atoms with Crippen molar-refractivity contribution in [1.29, 1.82) is 5.26 Å². The van der Waals surface area contributed by atoms with Gasteiger partial charge in [-0.2, -0.15) is 10.2 Å². The van der Waals surface area contributed by atoms with Gasteiger partial charge in [0.1, 0.15) is 11.6 Å². The highest BCUT2D eigenvalue weighted by Gasteiger charge is 2.11. The number of hydrogen-bond donors (Lipinski definition) is 0. The van der Waals surface area contributed by atoms with E-state index in [9.17, 15) is 4.79 Å². The van der Waals surface area contributed by atoms with Crippen molar-refractivity contribution in [2.45, 2.75) is 0 Å². The number of fused-ring (bicyclic) bond motifs is 1. The molecule has 19 heavy (non-hydrogen) atoms. The van der Waals surface area contributed by atoms with Crippen LogP contribution in [0, 0.1) is 11.3 Å². The number of aryl methyl sites for hydroxylation is 1. The standard InChI is InChI=1S/C13H8N4O2/c1-17-6-9(5-14)12(16-13(17)18)8-2-3-10-11(4-8)19-7-15-10/h2-4,6-7H,1H3. The summed E-state index contributed by atoms with van der Waals surface area (Å²) in [7, 11) is 1.56. The van der Waals surface area contributed by atoms with E-state index in [0.717, 1.165) is 0 Å². The molecule has 0 aliphatic carbocycles. The maximum atomic E-state index is 11.6. The van der Waals surface area contributed by atoms with Gasteiger partial charge in [-0.1, -0.05) is 6.07 Å². The fourth-order valence-electron chi connectivity index (χ4n) is 1.85. The lowest BCUT2D eigenvalue weighted by Gasteiger charge is -2.04. The summed E-state index contributed by atoms with van der Waals surface area (Å²) >= 11 is 0. The fourth-order valence-corrected chi connectivity index (χ4v) is 1.85. The third kappa shape index (κ3) is 1.77. The van der Waals surface area contributed by atoms with Crippen LogP contribution in [0.5, 0.6) is 0 Å². The first kappa shape index (κ1) is 11.2. The lowest BCUT2D eigenvalue weighted by molar-refractivity contribution is 0.602. The van der Waals surface area contributed by atoms with E-state index >= 15 is 0 Å². The molecule has 2 aromatic heterocycles. The molecule has 0 bridgehead atoms. The largest absolute Gasteiger partial charge is 0.443 e. The minimum absolute atomic E-state index is 0.334. The van der Waals surface area contributed by atoms with Crippen molar-refractivity contribution in [2.75, 3.05) is 0 Å². The second kappa shape index (κ2) is 4.07. The summed E-state index contributed by atoms with van der Waals surface area (Å²) in [5, 5.41) is 9.13. The van der Waals surface area contributed by atoms with Gasteiger partial charge in [0, 0.05) is 18.8 Å². The second-order valence-electron chi connectivity index (χ2n) is 4.04. The summed E-state index contributed by atoms with van der Waals surface area (Å²) < 4.78 is 6.48. The van der Waals surface area contributed by atoms with Gasteiger partial charge in [0.25, 0.3) is 0 Å². The van der Waals surface area contributed by atoms with E-state index in [1.165, 1.54) is 17.2 Å². The molecule has 92 valence electrons. The molecule has 2 heterocycles. The Morgan fingerprint density at radius 1 is 1.42 bits per heavy atom. The molecule has 0 saturated heterocycles. The number of nitriles is 1. The van der Waals surface area contributed by atoms with Gasteiger partial charge in [-0.05, 0) is 12.1 Å². The monoisotopic (exact) mass is 252 g/mol. The number of oxazole rings is 1. The summed E-state index contributed by atoms with van der Waals surface area (Å²) in [5.41, 5.74) is 2.23. The predicted molar refractivity (Wildman–Crippen MR) is 67.2 cm³/mol. The van der Waals surface area contributed by atoms with Gasteiger partial charge in [0.15, 0.2) is 12.0 Å². The molecule has 0 atom stereocenters. The van der Waals surface area contributed by atoms with Crippen LogP contribution in [-0.2, 0) is 7.05 Å². The van der Waals surface area contributed by atoms with E-state index < -0.39 is 5.69 Å². The molecule has 0 saturated carbocycles. The summed E-state index contributed by atoms with van der Waals surface area (Å²) in [6.07, 6.45) is 2.81. The van der Waals surface area contributed by atoms with E-state index in [-0.39, 0.29) is 0 Å². The Labute approximate surface area is 107 Å². The molecule has 0 aliphatic heterocycles. The molecule has 6 nitrogen and oxygen atoms in total. The zero-order valence-corrected chi connectivity index (χ0v) is 9.99. The van der Waals surface area contributed by atoms with Crippen LogP contribution < -0.4 is 5.69 Å². The molecule has 1 aromatic carbocycles. The minimum atomic E-state index is -0.410. The van der Waals surface area contributed by atoms with E-state index in [1.807, 2.05) is 6.07 Å². The Hall–Kier alpha value is -2.94. The molecule has 0 spiro atoms. The van der Waals surface area contributed by atoms with E-state index in [2.05, 4.69) is 9.97 Å². The molecular formula is C13H8N4O2. The zero-order chi connectivity index (χ0) is 13.4. The second-order valence-corrected chi connectivity index (χ2v) is 4.04. The Morgan fingerprint density at radius 3 is 3.05 bits per heavy atom. The Balaban J connectivity index is 2.28. The van der Waals surface area contributed by atoms with Crippen LogP contribution in [0.1, 0.15) is 5.56 Å². The first-order valence-corrected chi connectivity index (χ1v) is 5.50. The van der Waals surface area contributed by atoms with Crippen LogP contribution >= 0.6 is 0 Å². The van der Waals surface area contributed by atoms with Crippen LogP contribution in [0.15, 0.2) is 40.0 Å². The third-order valence-electron chi connectivity index (χ3n) is 2.81. The third-order valence-corrected chi connectivity index (χ3v) is 2.81. The number of aromatic nitrogens is 3. The molecule has 6 heteroatoms. The Kier molecular flexibility index (Phi) is 2.39. The number of benzene rings is 1. The van der Waals surface area contributed by atoms with Gasteiger partial charge in [0.05, 0.1) is 11.3 Å². The van der Waals surface area contributed by atoms with Crippen molar-refractivity contribution < 1.29 is 4.42 Å². The number of nitrogens with zero attached hydrogens (tertiary/aromatic N) is 4. The highest BCUT2D eigenvalue weighted by molar-refractivity contribution is 5.80. The normalized spacial score (nSPS) is 10.5. The summed E-state index contributed by atoms with van der Waals surface area (Å²) in [6, 6.07) is 7.26.